The summed E-state index contributed by atoms with van der Waals surface area (Å²) in [7, 11) is -2.68. The number of amides is 2. The molecule has 2 amide bonds. The first-order valence-electron chi connectivity index (χ1n) is 11.4. The van der Waals surface area contributed by atoms with E-state index in [0.717, 1.165) is 4.31 Å². The first kappa shape index (κ1) is 25.2. The van der Waals surface area contributed by atoms with Crippen LogP contribution in [0.15, 0.2) is 83.8 Å². The number of hydrogen-bond donors (Lipinski definition) is 1. The Balaban J connectivity index is 1.63. The molecule has 0 radical (unpaired) electrons. The summed E-state index contributed by atoms with van der Waals surface area (Å²) < 4.78 is 38.9. The quantitative estimate of drug-likeness (QED) is 0.501. The molecule has 0 unspecified atom stereocenters. The van der Waals surface area contributed by atoms with Gasteiger partial charge in [-0.1, -0.05) is 42.5 Å². The predicted molar refractivity (Wildman–Crippen MR) is 136 cm³/mol. The molecule has 188 valence electrons. The van der Waals surface area contributed by atoms with Gasteiger partial charge in [0.1, 0.15) is 12.3 Å². The predicted octanol–water partition coefficient (Wildman–Crippen LogP) is 3.00. The Hall–Kier alpha value is -3.89. The minimum absolute atomic E-state index is 0.0339. The van der Waals surface area contributed by atoms with Crippen molar-refractivity contribution in [3.8, 4) is 5.75 Å². The highest BCUT2D eigenvalue weighted by Crippen LogP contribution is 2.32. The van der Waals surface area contributed by atoms with Gasteiger partial charge in [0, 0.05) is 13.1 Å². The van der Waals surface area contributed by atoms with Crippen molar-refractivity contribution in [2.24, 2.45) is 0 Å². The maximum absolute atomic E-state index is 13.6. The van der Waals surface area contributed by atoms with Crippen LogP contribution in [0.1, 0.15) is 10.4 Å². The lowest BCUT2D eigenvalue weighted by atomic mass is 10.1. The Morgan fingerprint density at radius 1 is 0.944 bits per heavy atom. The number of rotatable bonds is 8. The molecule has 1 N–H and O–H groups in total. The first-order chi connectivity index (χ1) is 17.4. The third kappa shape index (κ3) is 5.50. The van der Waals surface area contributed by atoms with Gasteiger partial charge in [0.2, 0.25) is 5.91 Å². The van der Waals surface area contributed by atoms with Crippen molar-refractivity contribution in [3.63, 3.8) is 0 Å². The lowest BCUT2D eigenvalue weighted by Crippen LogP contribution is -2.41. The second kappa shape index (κ2) is 11.2. The number of morpholine rings is 1. The van der Waals surface area contributed by atoms with E-state index in [9.17, 15) is 18.0 Å². The van der Waals surface area contributed by atoms with Crippen LogP contribution >= 0.6 is 0 Å². The van der Waals surface area contributed by atoms with Crippen molar-refractivity contribution < 1.29 is 27.5 Å². The highest BCUT2D eigenvalue weighted by molar-refractivity contribution is 7.92. The number of sulfonamides is 1. The molecule has 0 aliphatic carbocycles. The number of benzene rings is 3. The fraction of sp³-hybridized carbons (Fsp3) is 0.231. The van der Waals surface area contributed by atoms with Crippen LogP contribution < -0.4 is 14.4 Å². The van der Waals surface area contributed by atoms with Gasteiger partial charge in [0.25, 0.3) is 15.9 Å². The van der Waals surface area contributed by atoms with E-state index in [2.05, 4.69) is 5.32 Å². The van der Waals surface area contributed by atoms with Crippen molar-refractivity contribution in [2.45, 2.75) is 4.90 Å². The lowest BCUT2D eigenvalue weighted by Gasteiger charge is -2.28. The molecule has 0 saturated carbocycles. The topological polar surface area (TPSA) is 105 Å². The van der Waals surface area contributed by atoms with Gasteiger partial charge in [-0.05, 0) is 36.4 Å². The number of para-hydroxylation sites is 3. The Bertz CT molecular complexity index is 1320. The van der Waals surface area contributed by atoms with Crippen LogP contribution in [0.2, 0.25) is 0 Å². The average Bonchev–Trinajstić information content (AvgIpc) is 2.92. The number of nitrogens with one attached hydrogen (secondary N) is 1. The lowest BCUT2D eigenvalue weighted by molar-refractivity contribution is -0.114. The van der Waals surface area contributed by atoms with E-state index >= 15 is 0 Å². The Labute approximate surface area is 210 Å². The Morgan fingerprint density at radius 3 is 2.31 bits per heavy atom. The fourth-order valence-electron chi connectivity index (χ4n) is 3.89. The summed E-state index contributed by atoms with van der Waals surface area (Å²) >= 11 is 0. The third-order valence-electron chi connectivity index (χ3n) is 5.70. The Kier molecular flexibility index (Phi) is 7.87. The van der Waals surface area contributed by atoms with Gasteiger partial charge in [-0.2, -0.15) is 0 Å². The van der Waals surface area contributed by atoms with Crippen LogP contribution in [0.4, 0.5) is 11.4 Å². The number of hydrogen-bond acceptors (Lipinski definition) is 6. The highest BCUT2D eigenvalue weighted by Gasteiger charge is 2.30. The van der Waals surface area contributed by atoms with Gasteiger partial charge in [-0.15, -0.1) is 0 Å². The Morgan fingerprint density at radius 2 is 1.58 bits per heavy atom. The normalized spacial score (nSPS) is 13.6. The smallest absolute Gasteiger partial charge is 0.264 e. The maximum Gasteiger partial charge on any atom is 0.264 e. The average molecular weight is 510 g/mol. The van der Waals surface area contributed by atoms with E-state index in [1.807, 2.05) is 0 Å². The van der Waals surface area contributed by atoms with Gasteiger partial charge in [-0.25, -0.2) is 8.42 Å². The highest BCUT2D eigenvalue weighted by atomic mass is 32.2. The van der Waals surface area contributed by atoms with E-state index in [4.69, 9.17) is 9.47 Å². The van der Waals surface area contributed by atoms with Crippen molar-refractivity contribution in [2.75, 3.05) is 49.6 Å². The third-order valence-corrected chi connectivity index (χ3v) is 7.48. The molecule has 1 saturated heterocycles. The van der Waals surface area contributed by atoms with Crippen molar-refractivity contribution >= 4 is 33.2 Å². The summed E-state index contributed by atoms with van der Waals surface area (Å²) in [6.45, 7) is 1.28. The summed E-state index contributed by atoms with van der Waals surface area (Å²) in [5.74, 6) is -0.539. The van der Waals surface area contributed by atoms with E-state index < -0.39 is 22.5 Å². The fourth-order valence-corrected chi connectivity index (χ4v) is 5.34. The van der Waals surface area contributed by atoms with Gasteiger partial charge in [0.05, 0.1) is 42.2 Å². The summed E-state index contributed by atoms with van der Waals surface area (Å²) in [6.07, 6.45) is 0. The number of carbonyl (C=O) groups excluding carboxylic acids is 2. The second-order valence-electron chi connectivity index (χ2n) is 7.99. The minimum Gasteiger partial charge on any atom is -0.495 e. The van der Waals surface area contributed by atoms with Crippen LogP contribution in [0, 0.1) is 0 Å². The molecule has 1 heterocycles. The molecule has 36 heavy (non-hydrogen) atoms. The molecule has 1 aliphatic heterocycles. The van der Waals surface area contributed by atoms with Gasteiger partial charge in [0.15, 0.2) is 0 Å². The van der Waals surface area contributed by atoms with Crippen molar-refractivity contribution in [3.05, 3.63) is 84.4 Å². The van der Waals surface area contributed by atoms with Crippen LogP contribution in [0.3, 0.4) is 0 Å². The number of nitrogens with zero attached hydrogens (tertiary/aromatic N) is 2. The van der Waals surface area contributed by atoms with Crippen LogP contribution in [-0.4, -0.2) is 65.1 Å². The second-order valence-corrected chi connectivity index (χ2v) is 9.86. The minimum atomic E-state index is -4.11. The van der Waals surface area contributed by atoms with Crippen molar-refractivity contribution in [1.29, 1.82) is 0 Å². The molecule has 1 aliphatic rings. The molecule has 0 spiro atoms. The van der Waals surface area contributed by atoms with E-state index in [1.54, 1.807) is 71.6 Å². The van der Waals surface area contributed by atoms with Gasteiger partial charge >= 0.3 is 0 Å². The number of carbonyl (C=O) groups is 2. The summed E-state index contributed by atoms with van der Waals surface area (Å²) in [5, 5.41) is 2.73. The van der Waals surface area contributed by atoms with E-state index in [0.29, 0.717) is 43.3 Å². The zero-order valence-electron chi connectivity index (χ0n) is 19.8. The SMILES string of the molecule is COc1ccccc1N(CC(=O)Nc1ccccc1C(=O)N1CCOCC1)S(=O)(=O)c1ccccc1. The summed E-state index contributed by atoms with van der Waals surface area (Å²) in [4.78, 5) is 28.0. The molecule has 4 rings (SSSR count). The molecule has 0 aromatic heterocycles. The molecular weight excluding hydrogens is 482 g/mol. The van der Waals surface area contributed by atoms with Gasteiger partial charge < -0.3 is 19.7 Å². The molecule has 3 aromatic carbocycles. The van der Waals surface area contributed by atoms with Crippen molar-refractivity contribution in [1.82, 2.24) is 4.90 Å². The summed E-state index contributed by atoms with van der Waals surface area (Å²) in [6, 6.07) is 21.1. The number of anilines is 2. The van der Waals surface area contributed by atoms with Crippen LogP contribution in [-0.2, 0) is 19.6 Å². The molecule has 0 atom stereocenters. The van der Waals surface area contributed by atoms with Crippen LogP contribution in [0.5, 0.6) is 5.75 Å². The monoisotopic (exact) mass is 509 g/mol. The molecule has 10 heteroatoms. The summed E-state index contributed by atoms with van der Waals surface area (Å²) in [5.41, 5.74) is 0.843. The molecule has 9 nitrogen and oxygen atoms in total. The zero-order chi connectivity index (χ0) is 25.5. The van der Waals surface area contributed by atoms with E-state index in [1.165, 1.54) is 19.2 Å². The van der Waals surface area contributed by atoms with Crippen LogP contribution in [0.25, 0.3) is 0 Å². The first-order valence-corrected chi connectivity index (χ1v) is 12.8. The largest absolute Gasteiger partial charge is 0.495 e. The number of methoxy groups -OCH3 is 1. The molecular formula is C26H27N3O6S. The maximum atomic E-state index is 13.6. The standard InChI is InChI=1S/C26H27N3O6S/c1-34-24-14-8-7-13-23(24)29(36(32,33)20-9-3-2-4-10-20)19-25(30)27-22-12-6-5-11-21(22)26(31)28-15-17-35-18-16-28/h2-14H,15-19H2,1H3,(H,27,30). The zero-order valence-corrected chi connectivity index (χ0v) is 20.6. The number of ether oxygens (including phenoxy) is 2. The molecule has 3 aromatic rings. The molecule has 1 fully saturated rings. The molecule has 0 bridgehead atoms. The van der Waals surface area contributed by atoms with Gasteiger partial charge in [-0.3, -0.25) is 13.9 Å². The van der Waals surface area contributed by atoms with E-state index in [-0.39, 0.29) is 16.5 Å².